The summed E-state index contributed by atoms with van der Waals surface area (Å²) in [6.45, 7) is 2.42. The lowest BCUT2D eigenvalue weighted by Gasteiger charge is -2.11. The van der Waals surface area contributed by atoms with Crippen LogP contribution in [0, 0.1) is 5.92 Å². The Morgan fingerprint density at radius 1 is 1.44 bits per heavy atom. The van der Waals surface area contributed by atoms with Gasteiger partial charge in [0.05, 0.1) is 10.0 Å². The van der Waals surface area contributed by atoms with E-state index in [4.69, 9.17) is 27.9 Å². The number of ether oxygens (including phenoxy) is 1. The van der Waals surface area contributed by atoms with Crippen LogP contribution in [0.4, 0.5) is 0 Å². The second-order valence-electron chi connectivity index (χ2n) is 3.65. The minimum atomic E-state index is -0.115. The quantitative estimate of drug-likeness (QED) is 0.752. The molecular formula is C12H14Cl2O2. The molecule has 0 bridgehead atoms. The number of carbonyl (C=O) groups is 1. The van der Waals surface area contributed by atoms with E-state index < -0.39 is 0 Å². The summed E-state index contributed by atoms with van der Waals surface area (Å²) < 4.78 is 4.94. The Bertz CT molecular complexity index is 377. The maximum atomic E-state index is 12.0. The molecular weight excluding hydrogens is 247 g/mol. The van der Waals surface area contributed by atoms with Gasteiger partial charge >= 0.3 is 0 Å². The van der Waals surface area contributed by atoms with Gasteiger partial charge in [-0.2, -0.15) is 0 Å². The first-order valence-corrected chi connectivity index (χ1v) is 5.80. The molecule has 1 atom stereocenters. The van der Waals surface area contributed by atoms with Crippen LogP contribution < -0.4 is 0 Å². The van der Waals surface area contributed by atoms with Crippen LogP contribution in [0.25, 0.3) is 0 Å². The molecule has 4 heteroatoms. The molecule has 1 rings (SSSR count). The predicted octanol–water partition coefficient (Wildman–Crippen LogP) is 3.85. The number of rotatable bonds is 5. The van der Waals surface area contributed by atoms with Gasteiger partial charge in [0, 0.05) is 25.2 Å². The van der Waals surface area contributed by atoms with Gasteiger partial charge in [-0.05, 0) is 18.6 Å². The lowest BCUT2D eigenvalue weighted by Crippen LogP contribution is -2.14. The van der Waals surface area contributed by atoms with E-state index in [2.05, 4.69) is 0 Å². The highest BCUT2D eigenvalue weighted by Gasteiger charge is 2.18. The van der Waals surface area contributed by atoms with E-state index in [0.717, 1.165) is 0 Å². The van der Waals surface area contributed by atoms with Crippen molar-refractivity contribution >= 4 is 29.0 Å². The van der Waals surface area contributed by atoms with Crippen LogP contribution in [0.2, 0.25) is 10.0 Å². The Hall–Kier alpha value is -0.570. The summed E-state index contributed by atoms with van der Waals surface area (Å²) in [5.74, 6) is -0.111. The molecule has 16 heavy (non-hydrogen) atoms. The zero-order valence-electron chi connectivity index (χ0n) is 9.30. The largest absolute Gasteiger partial charge is 0.385 e. The van der Waals surface area contributed by atoms with Crippen LogP contribution >= 0.6 is 23.2 Å². The van der Waals surface area contributed by atoms with E-state index >= 15 is 0 Å². The first-order valence-electron chi connectivity index (χ1n) is 5.05. The van der Waals surface area contributed by atoms with Crippen LogP contribution in [-0.4, -0.2) is 19.5 Å². The fraction of sp³-hybridized carbons (Fsp3) is 0.417. The van der Waals surface area contributed by atoms with Crippen molar-refractivity contribution in [3.05, 3.63) is 33.8 Å². The van der Waals surface area contributed by atoms with Crippen molar-refractivity contribution in [3.8, 4) is 0 Å². The molecule has 0 N–H and O–H groups in total. The number of methoxy groups -OCH3 is 1. The second-order valence-corrected chi connectivity index (χ2v) is 4.43. The highest BCUT2D eigenvalue weighted by molar-refractivity contribution is 6.43. The molecule has 1 aromatic rings. The summed E-state index contributed by atoms with van der Waals surface area (Å²) in [7, 11) is 1.61. The third-order valence-electron chi connectivity index (χ3n) is 2.42. The van der Waals surface area contributed by atoms with Crippen molar-refractivity contribution < 1.29 is 9.53 Å². The van der Waals surface area contributed by atoms with Gasteiger partial charge < -0.3 is 4.74 Å². The highest BCUT2D eigenvalue weighted by Crippen LogP contribution is 2.27. The molecule has 0 saturated carbocycles. The number of halogens is 2. The predicted molar refractivity (Wildman–Crippen MR) is 66.4 cm³/mol. The molecule has 0 radical (unpaired) electrons. The van der Waals surface area contributed by atoms with Crippen LogP contribution in [0.3, 0.4) is 0 Å². The van der Waals surface area contributed by atoms with Gasteiger partial charge in [0.2, 0.25) is 0 Å². The average molecular weight is 261 g/mol. The van der Waals surface area contributed by atoms with Gasteiger partial charge in [0.15, 0.2) is 5.78 Å². The molecule has 2 nitrogen and oxygen atoms in total. The minimum absolute atomic E-state index is 0.00421. The van der Waals surface area contributed by atoms with Crippen molar-refractivity contribution in [2.75, 3.05) is 13.7 Å². The van der Waals surface area contributed by atoms with Crippen molar-refractivity contribution in [3.63, 3.8) is 0 Å². The maximum absolute atomic E-state index is 12.0. The molecule has 0 amide bonds. The third-order valence-corrected chi connectivity index (χ3v) is 3.24. The molecule has 88 valence electrons. The van der Waals surface area contributed by atoms with Crippen LogP contribution in [0.15, 0.2) is 18.2 Å². The smallest absolute Gasteiger partial charge is 0.167 e. The molecule has 0 aromatic heterocycles. The number of carbonyl (C=O) groups excluding carboxylic acids is 1. The van der Waals surface area contributed by atoms with Crippen molar-refractivity contribution in [2.45, 2.75) is 13.3 Å². The number of benzene rings is 1. The first-order chi connectivity index (χ1) is 7.57. The van der Waals surface area contributed by atoms with E-state index in [-0.39, 0.29) is 11.7 Å². The lowest BCUT2D eigenvalue weighted by atomic mass is 9.97. The van der Waals surface area contributed by atoms with Gasteiger partial charge in [-0.1, -0.05) is 36.2 Å². The monoisotopic (exact) mass is 260 g/mol. The van der Waals surface area contributed by atoms with E-state index in [1.54, 1.807) is 25.3 Å². The zero-order chi connectivity index (χ0) is 12.1. The second kappa shape index (κ2) is 6.24. The maximum Gasteiger partial charge on any atom is 0.167 e. The Kier molecular flexibility index (Phi) is 5.26. The fourth-order valence-electron chi connectivity index (χ4n) is 1.39. The standard InChI is InChI=1S/C12H14Cl2O2/c1-8(6-7-16-2)12(15)9-4-3-5-10(13)11(9)14/h3-5,8H,6-7H2,1-2H3. The Morgan fingerprint density at radius 3 is 2.75 bits per heavy atom. The van der Waals surface area contributed by atoms with Crippen molar-refractivity contribution in [1.29, 1.82) is 0 Å². The van der Waals surface area contributed by atoms with E-state index in [9.17, 15) is 4.79 Å². The summed E-state index contributed by atoms with van der Waals surface area (Å²) in [6.07, 6.45) is 0.679. The fourth-order valence-corrected chi connectivity index (χ4v) is 1.78. The molecule has 0 fully saturated rings. The SMILES string of the molecule is COCCC(C)C(=O)c1cccc(Cl)c1Cl. The Balaban J connectivity index is 2.84. The van der Waals surface area contributed by atoms with Crippen molar-refractivity contribution in [2.24, 2.45) is 5.92 Å². The molecule has 0 aliphatic rings. The average Bonchev–Trinajstić information content (AvgIpc) is 2.28. The number of hydrogen-bond donors (Lipinski definition) is 0. The topological polar surface area (TPSA) is 26.3 Å². The summed E-state index contributed by atoms with van der Waals surface area (Å²) in [5.41, 5.74) is 0.484. The molecule has 0 saturated heterocycles. The van der Waals surface area contributed by atoms with E-state index in [1.165, 1.54) is 0 Å². The lowest BCUT2D eigenvalue weighted by molar-refractivity contribution is 0.0894. The van der Waals surface area contributed by atoms with Gasteiger partial charge in [0.1, 0.15) is 0 Å². The van der Waals surface area contributed by atoms with Crippen molar-refractivity contribution in [1.82, 2.24) is 0 Å². The Labute approximate surface area is 106 Å². The third kappa shape index (κ3) is 3.21. The van der Waals surface area contributed by atoms with E-state index in [0.29, 0.717) is 28.6 Å². The van der Waals surface area contributed by atoms with E-state index in [1.807, 2.05) is 6.92 Å². The summed E-state index contributed by atoms with van der Waals surface area (Å²) in [4.78, 5) is 12.0. The number of ketones is 1. The van der Waals surface area contributed by atoms with Gasteiger partial charge in [-0.25, -0.2) is 0 Å². The van der Waals surface area contributed by atoms with Crippen LogP contribution in [-0.2, 0) is 4.74 Å². The van der Waals surface area contributed by atoms with Gasteiger partial charge in [-0.3, -0.25) is 4.79 Å². The highest BCUT2D eigenvalue weighted by atomic mass is 35.5. The number of hydrogen-bond acceptors (Lipinski definition) is 2. The van der Waals surface area contributed by atoms with Crippen LogP contribution in [0.5, 0.6) is 0 Å². The summed E-state index contributed by atoms with van der Waals surface area (Å²) >= 11 is 11.8. The molecule has 1 aromatic carbocycles. The van der Waals surface area contributed by atoms with Gasteiger partial charge in [-0.15, -0.1) is 0 Å². The molecule has 1 unspecified atom stereocenters. The minimum Gasteiger partial charge on any atom is -0.385 e. The van der Waals surface area contributed by atoms with Gasteiger partial charge in [0.25, 0.3) is 0 Å². The molecule has 0 heterocycles. The Morgan fingerprint density at radius 2 is 2.12 bits per heavy atom. The molecule has 0 aliphatic heterocycles. The first kappa shape index (κ1) is 13.5. The molecule has 0 aliphatic carbocycles. The number of Topliss-reactive ketones (excluding diaryl/α,β-unsaturated/α-hetero) is 1. The summed E-state index contributed by atoms with van der Waals surface area (Å²) in [6, 6.07) is 5.09. The summed E-state index contributed by atoms with van der Waals surface area (Å²) in [5, 5.41) is 0.741. The normalized spacial score (nSPS) is 12.5. The zero-order valence-corrected chi connectivity index (χ0v) is 10.8. The van der Waals surface area contributed by atoms with Crippen LogP contribution in [0.1, 0.15) is 23.7 Å². The molecule has 0 spiro atoms.